The highest BCUT2D eigenvalue weighted by molar-refractivity contribution is 5.71. The summed E-state index contributed by atoms with van der Waals surface area (Å²) < 4.78 is 16.8. The van der Waals surface area contributed by atoms with Crippen molar-refractivity contribution < 1.29 is 28.6 Å². The van der Waals surface area contributed by atoms with Gasteiger partial charge in [-0.05, 0) is 51.4 Å². The van der Waals surface area contributed by atoms with Gasteiger partial charge in [-0.1, -0.05) is 257 Å². The lowest BCUT2D eigenvalue weighted by Crippen LogP contribution is -2.30. The maximum Gasteiger partial charge on any atom is 0.306 e. The third-order valence-electron chi connectivity index (χ3n) is 12.5. The molecule has 0 atom stereocenters. The summed E-state index contributed by atoms with van der Waals surface area (Å²) in [6.45, 7) is 6.65. The van der Waals surface area contributed by atoms with Crippen molar-refractivity contribution >= 4 is 17.9 Å². The Labute approximate surface area is 392 Å². The second kappa shape index (κ2) is 52.5. The molecule has 0 saturated carbocycles. The molecule has 63 heavy (non-hydrogen) atoms. The van der Waals surface area contributed by atoms with E-state index in [2.05, 4.69) is 45.1 Å². The standard InChI is InChI=1S/C57H106O6/c1-4-7-10-13-16-19-22-25-26-27-28-29-30-33-36-39-42-45-48-51-57(60)63-54(52-61-55(58)49-46-43-40-37-34-31-23-20-17-14-11-8-5-2)53-62-56(59)50-47-44-41-38-35-32-24-21-18-15-12-9-6-3/h16,19,25-26,54H,4-15,17-18,20-24,27-53H2,1-3H3/b19-16-,26-25-. The molecule has 0 unspecified atom stereocenters. The van der Waals surface area contributed by atoms with Crippen LogP contribution in [-0.4, -0.2) is 37.2 Å². The summed E-state index contributed by atoms with van der Waals surface area (Å²) in [5, 5.41) is 0. The van der Waals surface area contributed by atoms with Gasteiger partial charge in [-0.25, -0.2) is 0 Å². The molecule has 0 rings (SSSR count). The Morgan fingerprint density at radius 2 is 0.571 bits per heavy atom. The quantitative estimate of drug-likeness (QED) is 0.0262. The van der Waals surface area contributed by atoms with Gasteiger partial charge in [-0.2, -0.15) is 0 Å². The highest BCUT2D eigenvalue weighted by Gasteiger charge is 2.19. The Morgan fingerprint density at radius 1 is 0.317 bits per heavy atom. The van der Waals surface area contributed by atoms with E-state index in [9.17, 15) is 14.4 Å². The Balaban J connectivity index is 4.32. The number of hydrogen-bond donors (Lipinski definition) is 0. The summed E-state index contributed by atoms with van der Waals surface area (Å²) in [4.78, 5) is 38.0. The third kappa shape index (κ3) is 50.7. The maximum absolute atomic E-state index is 12.8. The first-order chi connectivity index (χ1) is 31.0. The van der Waals surface area contributed by atoms with Crippen molar-refractivity contribution in [3.05, 3.63) is 24.3 Å². The van der Waals surface area contributed by atoms with Gasteiger partial charge in [0.1, 0.15) is 13.2 Å². The van der Waals surface area contributed by atoms with Crippen molar-refractivity contribution in [1.29, 1.82) is 0 Å². The molecule has 370 valence electrons. The Bertz CT molecular complexity index is 974. The number of ether oxygens (including phenoxy) is 3. The predicted molar refractivity (Wildman–Crippen MR) is 270 cm³/mol. The van der Waals surface area contributed by atoms with Crippen LogP contribution < -0.4 is 0 Å². The smallest absolute Gasteiger partial charge is 0.306 e. The second-order valence-electron chi connectivity index (χ2n) is 18.9. The molecule has 0 saturated heterocycles. The van der Waals surface area contributed by atoms with E-state index in [1.165, 1.54) is 199 Å². The molecular weight excluding hydrogens is 781 g/mol. The largest absolute Gasteiger partial charge is 0.462 e. The highest BCUT2D eigenvalue weighted by atomic mass is 16.6. The molecule has 6 heteroatoms. The highest BCUT2D eigenvalue weighted by Crippen LogP contribution is 2.16. The van der Waals surface area contributed by atoms with Gasteiger partial charge in [0.05, 0.1) is 0 Å². The third-order valence-corrected chi connectivity index (χ3v) is 12.5. The average Bonchev–Trinajstić information content (AvgIpc) is 3.28. The molecule has 0 bridgehead atoms. The minimum atomic E-state index is -0.767. The van der Waals surface area contributed by atoms with Crippen molar-refractivity contribution in [2.24, 2.45) is 0 Å². The number of esters is 3. The zero-order valence-electron chi connectivity index (χ0n) is 42.4. The Morgan fingerprint density at radius 3 is 0.905 bits per heavy atom. The molecule has 0 aromatic rings. The van der Waals surface area contributed by atoms with Gasteiger partial charge in [0, 0.05) is 19.3 Å². The molecule has 0 amide bonds. The zero-order valence-corrected chi connectivity index (χ0v) is 42.4. The van der Waals surface area contributed by atoms with Crippen molar-refractivity contribution in [2.75, 3.05) is 13.2 Å². The van der Waals surface area contributed by atoms with Crippen LogP contribution in [0.5, 0.6) is 0 Å². The number of hydrogen-bond acceptors (Lipinski definition) is 6. The first-order valence-electron chi connectivity index (χ1n) is 27.8. The van der Waals surface area contributed by atoms with Gasteiger partial charge < -0.3 is 14.2 Å². The number of unbranched alkanes of at least 4 members (excludes halogenated alkanes) is 36. The van der Waals surface area contributed by atoms with E-state index in [-0.39, 0.29) is 31.1 Å². The summed E-state index contributed by atoms with van der Waals surface area (Å²) in [5.74, 6) is -0.853. The fourth-order valence-corrected chi connectivity index (χ4v) is 8.24. The molecule has 0 aromatic heterocycles. The molecular formula is C57H106O6. The fraction of sp³-hybridized carbons (Fsp3) is 0.877. The molecule has 0 aliphatic heterocycles. The number of carbonyl (C=O) groups excluding carboxylic acids is 3. The summed E-state index contributed by atoms with van der Waals surface area (Å²) >= 11 is 0. The van der Waals surface area contributed by atoms with Crippen molar-refractivity contribution in [3.63, 3.8) is 0 Å². The molecule has 6 nitrogen and oxygen atoms in total. The second-order valence-corrected chi connectivity index (χ2v) is 18.9. The fourth-order valence-electron chi connectivity index (χ4n) is 8.24. The molecule has 0 fully saturated rings. The SMILES string of the molecule is CCCCC/C=C\C/C=C\CCCCCCCCCCCC(=O)OC(COC(=O)CCCCCCCCCCCCCCC)COC(=O)CCCCCCCCCCCCCCC. The molecule has 0 N–H and O–H groups in total. The number of rotatable bonds is 51. The van der Waals surface area contributed by atoms with Crippen LogP contribution in [0.3, 0.4) is 0 Å². The topological polar surface area (TPSA) is 78.9 Å². The average molecular weight is 887 g/mol. The summed E-state index contributed by atoms with van der Waals surface area (Å²) in [5.41, 5.74) is 0. The first kappa shape index (κ1) is 60.9. The summed E-state index contributed by atoms with van der Waals surface area (Å²) in [7, 11) is 0. The van der Waals surface area contributed by atoms with Crippen LogP contribution in [0.2, 0.25) is 0 Å². The van der Waals surface area contributed by atoms with E-state index in [1.54, 1.807) is 0 Å². The van der Waals surface area contributed by atoms with E-state index in [1.807, 2.05) is 0 Å². The van der Waals surface area contributed by atoms with E-state index >= 15 is 0 Å². The lowest BCUT2D eigenvalue weighted by molar-refractivity contribution is -0.167. The van der Waals surface area contributed by atoms with Gasteiger partial charge in [-0.15, -0.1) is 0 Å². The molecule has 0 heterocycles. The minimum Gasteiger partial charge on any atom is -0.462 e. The molecule has 0 aliphatic carbocycles. The first-order valence-corrected chi connectivity index (χ1v) is 27.8. The Hall–Kier alpha value is -2.11. The molecule has 0 spiro atoms. The van der Waals surface area contributed by atoms with Crippen molar-refractivity contribution in [1.82, 2.24) is 0 Å². The maximum atomic E-state index is 12.8. The van der Waals surface area contributed by atoms with Crippen LogP contribution >= 0.6 is 0 Å². The van der Waals surface area contributed by atoms with Crippen LogP contribution in [0.4, 0.5) is 0 Å². The van der Waals surface area contributed by atoms with Gasteiger partial charge in [0.25, 0.3) is 0 Å². The van der Waals surface area contributed by atoms with Crippen LogP contribution in [0, 0.1) is 0 Å². The lowest BCUT2D eigenvalue weighted by atomic mass is 10.0. The van der Waals surface area contributed by atoms with E-state index in [4.69, 9.17) is 14.2 Å². The summed E-state index contributed by atoms with van der Waals surface area (Å²) in [6, 6.07) is 0. The van der Waals surface area contributed by atoms with Crippen molar-refractivity contribution in [2.45, 2.75) is 309 Å². The van der Waals surface area contributed by atoms with E-state index < -0.39 is 6.10 Å². The van der Waals surface area contributed by atoms with Crippen LogP contribution in [0.15, 0.2) is 24.3 Å². The van der Waals surface area contributed by atoms with Gasteiger partial charge >= 0.3 is 17.9 Å². The van der Waals surface area contributed by atoms with Crippen molar-refractivity contribution in [3.8, 4) is 0 Å². The van der Waals surface area contributed by atoms with E-state index in [0.29, 0.717) is 19.3 Å². The van der Waals surface area contributed by atoms with E-state index in [0.717, 1.165) is 64.2 Å². The Kier molecular flexibility index (Phi) is 50.8. The molecule has 0 aliphatic rings. The monoisotopic (exact) mass is 887 g/mol. The zero-order chi connectivity index (χ0) is 45.8. The minimum absolute atomic E-state index is 0.0676. The number of carbonyl (C=O) groups is 3. The van der Waals surface area contributed by atoms with Crippen LogP contribution in [0.1, 0.15) is 303 Å². The van der Waals surface area contributed by atoms with Gasteiger partial charge in [0.15, 0.2) is 6.10 Å². The van der Waals surface area contributed by atoms with Crippen LogP contribution in [0.25, 0.3) is 0 Å². The molecule has 0 aromatic carbocycles. The lowest BCUT2D eigenvalue weighted by Gasteiger charge is -2.18. The summed E-state index contributed by atoms with van der Waals surface area (Å²) in [6.07, 6.45) is 60.1. The van der Waals surface area contributed by atoms with Crippen LogP contribution in [-0.2, 0) is 28.6 Å². The van der Waals surface area contributed by atoms with Gasteiger partial charge in [-0.3, -0.25) is 14.4 Å². The van der Waals surface area contributed by atoms with Gasteiger partial charge in [0.2, 0.25) is 0 Å². The normalized spacial score (nSPS) is 11.7. The predicted octanol–water partition coefficient (Wildman–Crippen LogP) is 18.3. The molecule has 0 radical (unpaired) electrons. The number of allylic oxidation sites excluding steroid dienone is 4.